The van der Waals surface area contributed by atoms with Crippen LogP contribution in [-0.4, -0.2) is 43.9 Å². The molecule has 0 bridgehead atoms. The van der Waals surface area contributed by atoms with E-state index >= 15 is 0 Å². The second-order valence-corrected chi connectivity index (χ2v) is 9.34. The van der Waals surface area contributed by atoms with Gasteiger partial charge in [0.25, 0.3) is 0 Å². The van der Waals surface area contributed by atoms with Crippen LogP contribution in [0.3, 0.4) is 0 Å². The number of piperidine rings is 1. The molecule has 10 heteroatoms. The highest BCUT2D eigenvalue weighted by Gasteiger charge is 2.31. The Labute approximate surface area is 174 Å². The predicted octanol–water partition coefficient (Wildman–Crippen LogP) is 3.58. The summed E-state index contributed by atoms with van der Waals surface area (Å²) >= 11 is 0. The summed E-state index contributed by atoms with van der Waals surface area (Å²) in [5.74, 6) is 1.58. The number of rotatable bonds is 5. The third-order valence-electron chi connectivity index (χ3n) is 5.13. The number of hydrogen-bond acceptors (Lipinski definition) is 7. The molecule has 2 heterocycles. The van der Waals surface area contributed by atoms with Gasteiger partial charge in [0.1, 0.15) is 19.0 Å². The molecule has 9 nitrogen and oxygen atoms in total. The van der Waals surface area contributed by atoms with E-state index in [2.05, 4.69) is 0 Å². The van der Waals surface area contributed by atoms with E-state index in [4.69, 9.17) is 14.2 Å². The van der Waals surface area contributed by atoms with Gasteiger partial charge in [0.2, 0.25) is 15.8 Å². The Morgan fingerprint density at radius 3 is 2.63 bits per heavy atom. The summed E-state index contributed by atoms with van der Waals surface area (Å²) in [5, 5.41) is 11.6. The number of nitrogens with zero attached hydrogens (tertiary/aromatic N) is 2. The van der Waals surface area contributed by atoms with Crippen molar-refractivity contribution in [2.75, 3.05) is 26.3 Å². The molecule has 0 aromatic heterocycles. The molecule has 2 aliphatic heterocycles. The lowest BCUT2D eigenvalue weighted by Gasteiger charge is -2.30. The van der Waals surface area contributed by atoms with Crippen molar-refractivity contribution >= 4 is 15.7 Å². The maximum absolute atomic E-state index is 13.0. The summed E-state index contributed by atoms with van der Waals surface area (Å²) in [6.45, 7) is 3.67. The fraction of sp³-hybridized carbons (Fsp3) is 0.400. The van der Waals surface area contributed by atoms with Gasteiger partial charge < -0.3 is 14.2 Å². The predicted molar refractivity (Wildman–Crippen MR) is 108 cm³/mol. The summed E-state index contributed by atoms with van der Waals surface area (Å²) in [6.07, 6.45) is 1.74. The largest absolute Gasteiger partial charge is 0.486 e. The van der Waals surface area contributed by atoms with Crippen LogP contribution in [0.5, 0.6) is 23.0 Å². The van der Waals surface area contributed by atoms with Crippen molar-refractivity contribution in [1.29, 1.82) is 0 Å². The molecule has 1 unspecified atom stereocenters. The van der Waals surface area contributed by atoms with Crippen molar-refractivity contribution in [3.8, 4) is 23.0 Å². The van der Waals surface area contributed by atoms with Crippen molar-refractivity contribution in [3.63, 3.8) is 0 Å². The van der Waals surface area contributed by atoms with E-state index < -0.39 is 20.6 Å². The highest BCUT2D eigenvalue weighted by molar-refractivity contribution is 7.89. The van der Waals surface area contributed by atoms with Crippen LogP contribution in [0.25, 0.3) is 0 Å². The van der Waals surface area contributed by atoms with E-state index in [9.17, 15) is 18.5 Å². The minimum absolute atomic E-state index is 0.0531. The maximum Gasteiger partial charge on any atom is 0.312 e. The summed E-state index contributed by atoms with van der Waals surface area (Å²) < 4.78 is 44.0. The van der Waals surface area contributed by atoms with Gasteiger partial charge in [-0.2, -0.15) is 4.31 Å². The van der Waals surface area contributed by atoms with Crippen molar-refractivity contribution in [1.82, 2.24) is 4.31 Å². The van der Waals surface area contributed by atoms with Gasteiger partial charge in [0, 0.05) is 25.2 Å². The molecule has 0 aliphatic carbocycles. The van der Waals surface area contributed by atoms with Crippen LogP contribution in [0.1, 0.15) is 19.8 Å². The fourth-order valence-electron chi connectivity index (χ4n) is 3.61. The van der Waals surface area contributed by atoms with E-state index in [1.54, 1.807) is 18.2 Å². The molecule has 160 valence electrons. The molecule has 0 saturated carbocycles. The lowest BCUT2D eigenvalue weighted by atomic mass is 10.0. The Morgan fingerprint density at radius 1 is 1.13 bits per heavy atom. The summed E-state index contributed by atoms with van der Waals surface area (Å²) in [7, 11) is -3.82. The normalized spacial score (nSPS) is 19.3. The van der Waals surface area contributed by atoms with Gasteiger partial charge >= 0.3 is 5.69 Å². The van der Waals surface area contributed by atoms with Crippen molar-refractivity contribution < 1.29 is 27.6 Å². The number of nitro benzene ring substituents is 1. The highest BCUT2D eigenvalue weighted by atomic mass is 32.2. The Morgan fingerprint density at radius 2 is 1.90 bits per heavy atom. The standard InChI is InChI=1S/C20H22N2O7S/c1-14-3-2-8-21(13-14)30(25,26)16-5-7-18(17(12-16)22(23)24)29-15-4-6-19-20(11-15)28-10-9-27-19/h4-7,11-12,14H,2-3,8-10,13H2,1H3. The molecule has 0 spiro atoms. The first kappa shape index (κ1) is 20.4. The Bertz CT molecular complexity index is 1070. The second kappa shape index (κ2) is 8.11. The average molecular weight is 434 g/mol. The molecule has 4 rings (SSSR count). The third-order valence-corrected chi connectivity index (χ3v) is 6.99. The lowest BCUT2D eigenvalue weighted by molar-refractivity contribution is -0.385. The summed E-state index contributed by atoms with van der Waals surface area (Å²) in [5.41, 5.74) is -0.420. The minimum atomic E-state index is -3.82. The molecule has 0 amide bonds. The van der Waals surface area contributed by atoms with Crippen molar-refractivity contribution in [2.24, 2.45) is 5.92 Å². The zero-order valence-corrected chi connectivity index (χ0v) is 17.3. The van der Waals surface area contributed by atoms with Gasteiger partial charge in [-0.15, -0.1) is 0 Å². The van der Waals surface area contributed by atoms with Gasteiger partial charge in [-0.3, -0.25) is 10.1 Å². The minimum Gasteiger partial charge on any atom is -0.486 e. The van der Waals surface area contributed by atoms with Crippen LogP contribution in [0.2, 0.25) is 0 Å². The molecule has 1 atom stereocenters. The van der Waals surface area contributed by atoms with Crippen LogP contribution in [-0.2, 0) is 10.0 Å². The fourth-order valence-corrected chi connectivity index (χ4v) is 5.23. The van der Waals surface area contributed by atoms with Crippen LogP contribution in [0.15, 0.2) is 41.3 Å². The SMILES string of the molecule is CC1CCCN(S(=O)(=O)c2ccc(Oc3ccc4c(c3)OCCO4)c([N+](=O)[O-])c2)C1. The smallest absolute Gasteiger partial charge is 0.312 e. The third kappa shape index (κ3) is 4.05. The number of fused-ring (bicyclic) bond motifs is 1. The topological polar surface area (TPSA) is 108 Å². The number of ether oxygens (including phenoxy) is 3. The van der Waals surface area contributed by atoms with E-state index in [0.29, 0.717) is 43.6 Å². The maximum atomic E-state index is 13.0. The summed E-state index contributed by atoms with van der Waals surface area (Å²) in [6, 6.07) is 8.56. The van der Waals surface area contributed by atoms with E-state index in [-0.39, 0.29) is 16.6 Å². The first-order valence-electron chi connectivity index (χ1n) is 9.71. The average Bonchev–Trinajstić information content (AvgIpc) is 2.73. The monoisotopic (exact) mass is 434 g/mol. The zero-order valence-electron chi connectivity index (χ0n) is 16.4. The number of hydrogen-bond donors (Lipinski definition) is 0. The van der Waals surface area contributed by atoms with Gasteiger partial charge in [0.15, 0.2) is 11.5 Å². The molecule has 2 aliphatic rings. The van der Waals surface area contributed by atoms with Crippen LogP contribution >= 0.6 is 0 Å². The van der Waals surface area contributed by atoms with Gasteiger partial charge in [-0.1, -0.05) is 6.92 Å². The van der Waals surface area contributed by atoms with Crippen LogP contribution < -0.4 is 14.2 Å². The second-order valence-electron chi connectivity index (χ2n) is 7.40. The Hall–Kier alpha value is -2.85. The first-order chi connectivity index (χ1) is 14.3. The van der Waals surface area contributed by atoms with Gasteiger partial charge in [0.05, 0.1) is 9.82 Å². The lowest BCUT2D eigenvalue weighted by Crippen LogP contribution is -2.39. The Balaban J connectivity index is 1.63. The van der Waals surface area contributed by atoms with E-state index in [1.165, 1.54) is 16.4 Å². The highest BCUT2D eigenvalue weighted by Crippen LogP contribution is 2.38. The molecular weight excluding hydrogens is 412 g/mol. The van der Waals surface area contributed by atoms with Gasteiger partial charge in [-0.25, -0.2) is 8.42 Å². The van der Waals surface area contributed by atoms with Crippen molar-refractivity contribution in [3.05, 3.63) is 46.5 Å². The molecule has 2 aromatic carbocycles. The zero-order chi connectivity index (χ0) is 21.3. The molecule has 1 saturated heterocycles. The van der Waals surface area contributed by atoms with Gasteiger partial charge in [-0.05, 0) is 43.0 Å². The molecule has 1 fully saturated rings. The summed E-state index contributed by atoms with van der Waals surface area (Å²) in [4.78, 5) is 10.9. The van der Waals surface area contributed by atoms with Crippen LogP contribution in [0, 0.1) is 16.0 Å². The quantitative estimate of drug-likeness (QED) is 0.523. The molecule has 2 aromatic rings. The Kier molecular flexibility index (Phi) is 5.52. The molecule has 0 radical (unpaired) electrons. The number of benzene rings is 2. The van der Waals surface area contributed by atoms with Crippen molar-refractivity contribution in [2.45, 2.75) is 24.7 Å². The molecular formula is C20H22N2O7S. The molecule has 0 N–H and O–H groups in total. The molecule has 30 heavy (non-hydrogen) atoms. The first-order valence-corrected chi connectivity index (χ1v) is 11.1. The van der Waals surface area contributed by atoms with E-state index in [0.717, 1.165) is 18.9 Å². The number of sulfonamides is 1. The number of nitro groups is 1. The van der Waals surface area contributed by atoms with E-state index in [1.807, 2.05) is 6.92 Å². The van der Waals surface area contributed by atoms with Crippen LogP contribution in [0.4, 0.5) is 5.69 Å².